The van der Waals surface area contributed by atoms with Gasteiger partial charge in [-0.3, -0.25) is 4.79 Å². The van der Waals surface area contributed by atoms with Crippen molar-refractivity contribution >= 4 is 5.91 Å². The molecule has 0 aromatic carbocycles. The molecular weight excluding hydrogens is 176 g/mol. The molecule has 14 heavy (non-hydrogen) atoms. The smallest absolute Gasteiger partial charge is 0.224 e. The number of hydrogen-bond donors (Lipinski definition) is 2. The zero-order valence-electron chi connectivity index (χ0n) is 9.05. The van der Waals surface area contributed by atoms with Crippen molar-refractivity contribution in [1.29, 1.82) is 0 Å². The molecule has 2 fully saturated rings. The molecular formula is C11H20N2O. The van der Waals surface area contributed by atoms with Crippen LogP contribution in [0.15, 0.2) is 0 Å². The summed E-state index contributed by atoms with van der Waals surface area (Å²) in [7, 11) is 0. The van der Waals surface area contributed by atoms with Crippen LogP contribution >= 0.6 is 0 Å². The normalized spacial score (nSPS) is 37.1. The zero-order chi connectivity index (χ0) is 10.1. The van der Waals surface area contributed by atoms with E-state index in [1.807, 2.05) is 0 Å². The summed E-state index contributed by atoms with van der Waals surface area (Å²) in [5.74, 6) is 0.502. The Morgan fingerprint density at radius 3 is 2.86 bits per heavy atom. The lowest BCUT2D eigenvalue weighted by molar-refractivity contribution is -0.126. The molecule has 2 bridgehead atoms. The lowest BCUT2D eigenvalue weighted by Gasteiger charge is -2.21. The highest BCUT2D eigenvalue weighted by Gasteiger charge is 2.42. The van der Waals surface area contributed by atoms with Crippen LogP contribution in [0.3, 0.4) is 0 Å². The SMILES string of the molecule is CCC(C)NC(=O)C1CC2CCC1N2. The van der Waals surface area contributed by atoms with E-state index in [9.17, 15) is 4.79 Å². The fourth-order valence-electron chi connectivity index (χ4n) is 2.57. The van der Waals surface area contributed by atoms with E-state index >= 15 is 0 Å². The fraction of sp³-hybridized carbons (Fsp3) is 0.909. The van der Waals surface area contributed by atoms with Gasteiger partial charge < -0.3 is 10.6 Å². The first-order chi connectivity index (χ1) is 6.70. The van der Waals surface area contributed by atoms with Gasteiger partial charge in [0.05, 0.1) is 5.92 Å². The van der Waals surface area contributed by atoms with Crippen molar-refractivity contribution in [3.63, 3.8) is 0 Å². The molecule has 3 nitrogen and oxygen atoms in total. The van der Waals surface area contributed by atoms with Crippen LogP contribution in [0.5, 0.6) is 0 Å². The van der Waals surface area contributed by atoms with E-state index in [1.165, 1.54) is 12.8 Å². The van der Waals surface area contributed by atoms with Crippen LogP contribution in [0, 0.1) is 5.92 Å². The Labute approximate surface area is 85.6 Å². The Morgan fingerprint density at radius 2 is 2.36 bits per heavy atom. The van der Waals surface area contributed by atoms with Gasteiger partial charge in [0, 0.05) is 18.1 Å². The van der Waals surface area contributed by atoms with Crippen LogP contribution in [0.1, 0.15) is 39.5 Å². The number of amides is 1. The van der Waals surface area contributed by atoms with Gasteiger partial charge in [-0.2, -0.15) is 0 Å². The van der Waals surface area contributed by atoms with Crippen molar-refractivity contribution in [1.82, 2.24) is 10.6 Å². The number of nitrogens with one attached hydrogen (secondary N) is 2. The van der Waals surface area contributed by atoms with Gasteiger partial charge in [-0.15, -0.1) is 0 Å². The molecule has 0 spiro atoms. The highest BCUT2D eigenvalue weighted by Crippen LogP contribution is 2.33. The van der Waals surface area contributed by atoms with E-state index in [4.69, 9.17) is 0 Å². The maximum Gasteiger partial charge on any atom is 0.224 e. The van der Waals surface area contributed by atoms with Crippen molar-refractivity contribution in [3.05, 3.63) is 0 Å². The predicted molar refractivity (Wildman–Crippen MR) is 55.9 cm³/mol. The molecule has 2 aliphatic rings. The molecule has 2 aliphatic heterocycles. The second-order valence-corrected chi connectivity index (χ2v) is 4.71. The first kappa shape index (κ1) is 9.97. The molecule has 0 saturated carbocycles. The highest BCUT2D eigenvalue weighted by atomic mass is 16.2. The summed E-state index contributed by atoms with van der Waals surface area (Å²) < 4.78 is 0. The van der Waals surface area contributed by atoms with Gasteiger partial charge in [0.1, 0.15) is 0 Å². The maximum atomic E-state index is 11.9. The third kappa shape index (κ3) is 1.78. The Balaban J connectivity index is 1.87. The maximum absolute atomic E-state index is 11.9. The molecule has 4 atom stereocenters. The van der Waals surface area contributed by atoms with Crippen molar-refractivity contribution in [2.75, 3.05) is 0 Å². The van der Waals surface area contributed by atoms with Crippen LogP contribution in [-0.2, 0) is 4.79 Å². The van der Waals surface area contributed by atoms with E-state index in [-0.39, 0.29) is 11.8 Å². The quantitative estimate of drug-likeness (QED) is 0.708. The topological polar surface area (TPSA) is 41.1 Å². The average Bonchev–Trinajstić information content (AvgIpc) is 2.78. The number of hydrogen-bond acceptors (Lipinski definition) is 2. The molecule has 2 rings (SSSR count). The number of fused-ring (bicyclic) bond motifs is 2. The molecule has 1 amide bonds. The molecule has 2 saturated heterocycles. The summed E-state index contributed by atoms with van der Waals surface area (Å²) in [5.41, 5.74) is 0. The van der Waals surface area contributed by atoms with Crippen molar-refractivity contribution in [3.8, 4) is 0 Å². The van der Waals surface area contributed by atoms with Crippen molar-refractivity contribution in [2.24, 2.45) is 5.92 Å². The van der Waals surface area contributed by atoms with Crippen LogP contribution in [0.25, 0.3) is 0 Å². The summed E-state index contributed by atoms with van der Waals surface area (Å²) in [5, 5.41) is 6.57. The third-order valence-electron chi connectivity index (χ3n) is 3.64. The summed E-state index contributed by atoms with van der Waals surface area (Å²) in [6.45, 7) is 4.17. The Kier molecular flexibility index (Phi) is 2.77. The van der Waals surface area contributed by atoms with E-state index in [0.29, 0.717) is 18.1 Å². The van der Waals surface area contributed by atoms with Crippen molar-refractivity contribution < 1.29 is 4.79 Å². The minimum Gasteiger partial charge on any atom is -0.353 e. The fourth-order valence-corrected chi connectivity index (χ4v) is 2.57. The molecule has 2 N–H and O–H groups in total. The minimum atomic E-state index is 0.239. The van der Waals surface area contributed by atoms with E-state index in [2.05, 4.69) is 24.5 Å². The second kappa shape index (κ2) is 3.89. The summed E-state index contributed by atoms with van der Waals surface area (Å²) >= 11 is 0. The standard InChI is InChI=1S/C11H20N2O/c1-3-7(2)12-11(14)9-6-8-4-5-10(9)13-8/h7-10,13H,3-6H2,1-2H3,(H,12,14). The van der Waals surface area contributed by atoms with Crippen LogP contribution in [0.4, 0.5) is 0 Å². The largest absolute Gasteiger partial charge is 0.353 e. The average molecular weight is 196 g/mol. The zero-order valence-corrected chi connectivity index (χ0v) is 9.05. The molecule has 2 heterocycles. The first-order valence-electron chi connectivity index (χ1n) is 5.77. The van der Waals surface area contributed by atoms with E-state index in [1.54, 1.807) is 0 Å². The number of rotatable bonds is 3. The highest BCUT2D eigenvalue weighted by molar-refractivity contribution is 5.80. The van der Waals surface area contributed by atoms with E-state index in [0.717, 1.165) is 12.8 Å². The van der Waals surface area contributed by atoms with Gasteiger partial charge >= 0.3 is 0 Å². The lowest BCUT2D eigenvalue weighted by Crippen LogP contribution is -2.41. The molecule has 0 aliphatic carbocycles. The lowest BCUT2D eigenvalue weighted by atomic mass is 9.88. The van der Waals surface area contributed by atoms with Gasteiger partial charge in [0.2, 0.25) is 5.91 Å². The predicted octanol–water partition coefficient (Wildman–Crippen LogP) is 1.04. The van der Waals surface area contributed by atoms with Gasteiger partial charge in [0.25, 0.3) is 0 Å². The second-order valence-electron chi connectivity index (χ2n) is 4.71. The number of carbonyl (C=O) groups excluding carboxylic acids is 1. The van der Waals surface area contributed by atoms with Crippen LogP contribution < -0.4 is 10.6 Å². The van der Waals surface area contributed by atoms with Gasteiger partial charge in [-0.25, -0.2) is 0 Å². The Morgan fingerprint density at radius 1 is 1.57 bits per heavy atom. The van der Waals surface area contributed by atoms with E-state index < -0.39 is 0 Å². The Bertz CT molecular complexity index is 229. The molecule has 80 valence electrons. The monoisotopic (exact) mass is 196 g/mol. The van der Waals surface area contributed by atoms with Gasteiger partial charge in [-0.1, -0.05) is 6.92 Å². The summed E-state index contributed by atoms with van der Waals surface area (Å²) in [6.07, 6.45) is 4.51. The van der Waals surface area contributed by atoms with Crippen LogP contribution in [0.2, 0.25) is 0 Å². The Hall–Kier alpha value is -0.570. The van der Waals surface area contributed by atoms with Gasteiger partial charge in [0.15, 0.2) is 0 Å². The van der Waals surface area contributed by atoms with Gasteiger partial charge in [-0.05, 0) is 32.6 Å². The molecule has 0 radical (unpaired) electrons. The third-order valence-corrected chi connectivity index (χ3v) is 3.64. The molecule has 0 aromatic heterocycles. The summed E-state index contributed by atoms with van der Waals surface area (Å²) in [4.78, 5) is 11.9. The number of carbonyl (C=O) groups is 1. The summed E-state index contributed by atoms with van der Waals surface area (Å²) in [6, 6.07) is 1.40. The first-order valence-corrected chi connectivity index (χ1v) is 5.77. The minimum absolute atomic E-state index is 0.239. The molecule has 3 heteroatoms. The molecule has 0 aromatic rings. The van der Waals surface area contributed by atoms with Crippen molar-refractivity contribution in [2.45, 2.75) is 57.7 Å². The molecule has 4 unspecified atom stereocenters. The van der Waals surface area contributed by atoms with Crippen LogP contribution in [-0.4, -0.2) is 24.0 Å².